The number of ether oxygens (including phenoxy) is 1. The van der Waals surface area contributed by atoms with E-state index < -0.39 is 5.82 Å². The maximum atomic E-state index is 13.3. The van der Waals surface area contributed by atoms with Crippen LogP contribution < -0.4 is 15.4 Å². The van der Waals surface area contributed by atoms with E-state index in [-0.39, 0.29) is 12.5 Å². The SMILES string of the molecule is C/C=C(\C=NC)Nc1cc(Oc2cccc(C(=O)NCc3cncc(F)c3)c2C)ccn1. The molecule has 0 atom stereocenters. The van der Waals surface area contributed by atoms with Gasteiger partial charge in [0.05, 0.1) is 11.9 Å². The van der Waals surface area contributed by atoms with Crippen molar-refractivity contribution in [2.45, 2.75) is 20.4 Å². The van der Waals surface area contributed by atoms with Crippen LogP contribution in [-0.2, 0) is 6.54 Å². The molecule has 2 N–H and O–H groups in total. The summed E-state index contributed by atoms with van der Waals surface area (Å²) >= 11 is 0. The molecule has 0 aliphatic carbocycles. The number of halogens is 1. The number of aromatic nitrogens is 2. The van der Waals surface area contributed by atoms with Crippen LogP contribution in [0.1, 0.15) is 28.4 Å². The zero-order valence-electron chi connectivity index (χ0n) is 18.1. The predicted octanol–water partition coefficient (Wildman–Crippen LogP) is 4.66. The van der Waals surface area contributed by atoms with E-state index >= 15 is 0 Å². The summed E-state index contributed by atoms with van der Waals surface area (Å²) in [5.74, 6) is 0.983. The molecule has 0 aliphatic heterocycles. The summed E-state index contributed by atoms with van der Waals surface area (Å²) in [6.07, 6.45) is 7.84. The molecule has 0 unspecified atom stereocenters. The summed E-state index contributed by atoms with van der Waals surface area (Å²) in [5, 5.41) is 5.94. The molecule has 0 saturated heterocycles. The van der Waals surface area contributed by atoms with Crippen LogP contribution in [0.5, 0.6) is 11.5 Å². The highest BCUT2D eigenvalue weighted by atomic mass is 19.1. The fourth-order valence-electron chi connectivity index (χ4n) is 2.94. The second-order valence-corrected chi connectivity index (χ2v) is 6.86. The maximum absolute atomic E-state index is 13.3. The Balaban J connectivity index is 1.73. The number of benzene rings is 1. The molecule has 1 amide bonds. The number of carbonyl (C=O) groups excluding carboxylic acids is 1. The van der Waals surface area contributed by atoms with Crippen molar-refractivity contribution >= 4 is 17.9 Å². The van der Waals surface area contributed by atoms with Crippen LogP contribution in [0.25, 0.3) is 0 Å². The predicted molar refractivity (Wildman–Crippen MR) is 123 cm³/mol. The summed E-state index contributed by atoms with van der Waals surface area (Å²) in [5.41, 5.74) is 2.53. The molecule has 8 heteroatoms. The molecule has 2 aromatic heterocycles. The van der Waals surface area contributed by atoms with Crippen LogP contribution in [0.3, 0.4) is 0 Å². The van der Waals surface area contributed by atoms with Gasteiger partial charge < -0.3 is 15.4 Å². The fourth-order valence-corrected chi connectivity index (χ4v) is 2.94. The Labute approximate surface area is 186 Å². The molecule has 0 radical (unpaired) electrons. The van der Waals surface area contributed by atoms with Crippen molar-refractivity contribution in [3.05, 3.63) is 89.3 Å². The molecular weight excluding hydrogens is 409 g/mol. The number of nitrogens with zero attached hydrogens (tertiary/aromatic N) is 3. The molecule has 0 saturated carbocycles. The van der Waals surface area contributed by atoms with E-state index in [1.165, 1.54) is 12.3 Å². The highest BCUT2D eigenvalue weighted by Gasteiger charge is 2.13. The molecule has 2 heterocycles. The number of carbonyl (C=O) groups is 1. The zero-order valence-corrected chi connectivity index (χ0v) is 18.1. The van der Waals surface area contributed by atoms with Crippen molar-refractivity contribution in [3.8, 4) is 11.5 Å². The normalized spacial score (nSPS) is 11.4. The number of amides is 1. The Kier molecular flexibility index (Phi) is 7.64. The van der Waals surface area contributed by atoms with Gasteiger partial charge in [0, 0.05) is 49.4 Å². The van der Waals surface area contributed by atoms with Crippen molar-refractivity contribution in [3.63, 3.8) is 0 Å². The number of nitrogens with one attached hydrogen (secondary N) is 2. The monoisotopic (exact) mass is 433 g/mol. The topological polar surface area (TPSA) is 88.5 Å². The summed E-state index contributed by atoms with van der Waals surface area (Å²) in [4.78, 5) is 24.7. The summed E-state index contributed by atoms with van der Waals surface area (Å²) in [6, 6.07) is 10.1. The Hall–Kier alpha value is -4.07. The number of hydrogen-bond donors (Lipinski definition) is 2. The van der Waals surface area contributed by atoms with Crippen molar-refractivity contribution < 1.29 is 13.9 Å². The van der Waals surface area contributed by atoms with Crippen LogP contribution in [0, 0.1) is 12.7 Å². The van der Waals surface area contributed by atoms with Gasteiger partial charge in [-0.15, -0.1) is 0 Å². The van der Waals surface area contributed by atoms with Gasteiger partial charge in [-0.1, -0.05) is 12.1 Å². The lowest BCUT2D eigenvalue weighted by Gasteiger charge is -2.13. The Morgan fingerprint density at radius 3 is 2.84 bits per heavy atom. The quantitative estimate of drug-likeness (QED) is 0.504. The summed E-state index contributed by atoms with van der Waals surface area (Å²) < 4.78 is 19.3. The van der Waals surface area contributed by atoms with E-state index in [1.807, 2.05) is 19.9 Å². The zero-order chi connectivity index (χ0) is 22.9. The number of pyridine rings is 2. The van der Waals surface area contributed by atoms with Crippen LogP contribution in [0.4, 0.5) is 10.2 Å². The molecule has 0 aliphatic rings. The Morgan fingerprint density at radius 1 is 1.25 bits per heavy atom. The molecule has 32 heavy (non-hydrogen) atoms. The summed E-state index contributed by atoms with van der Waals surface area (Å²) in [7, 11) is 1.69. The molecule has 3 aromatic rings. The maximum Gasteiger partial charge on any atom is 0.251 e. The lowest BCUT2D eigenvalue weighted by molar-refractivity contribution is 0.0950. The molecule has 0 spiro atoms. The van der Waals surface area contributed by atoms with Gasteiger partial charge in [-0.3, -0.25) is 14.8 Å². The number of rotatable bonds is 8. The first kappa shape index (κ1) is 22.6. The van der Waals surface area contributed by atoms with E-state index in [9.17, 15) is 9.18 Å². The fraction of sp³-hybridized carbons (Fsp3) is 0.167. The van der Waals surface area contributed by atoms with Gasteiger partial charge >= 0.3 is 0 Å². The molecular formula is C24H24FN5O2. The van der Waals surface area contributed by atoms with Crippen molar-refractivity contribution in [2.75, 3.05) is 12.4 Å². The first-order chi connectivity index (χ1) is 15.5. The third kappa shape index (κ3) is 5.98. The standard InChI is InChI=1S/C24H24FN5O2/c1-4-19(15-26-3)30-23-11-20(8-9-28-23)32-22-7-5-6-21(16(22)2)24(31)29-13-17-10-18(25)14-27-12-17/h4-12,14-15H,13H2,1-3H3,(H,28,30)(H,29,31)/b19-4+,26-15?. The van der Waals surface area contributed by atoms with Crippen LogP contribution in [0.2, 0.25) is 0 Å². The van der Waals surface area contributed by atoms with E-state index in [1.54, 1.807) is 49.8 Å². The lowest BCUT2D eigenvalue weighted by atomic mass is 10.1. The number of allylic oxidation sites excluding steroid dienone is 2. The van der Waals surface area contributed by atoms with Gasteiger partial charge in [0.1, 0.15) is 23.1 Å². The Bertz CT molecular complexity index is 1160. The van der Waals surface area contributed by atoms with E-state index in [2.05, 4.69) is 25.6 Å². The minimum Gasteiger partial charge on any atom is -0.457 e. The number of anilines is 1. The van der Waals surface area contributed by atoms with Gasteiger partial charge in [0.2, 0.25) is 0 Å². The first-order valence-electron chi connectivity index (χ1n) is 9.96. The second kappa shape index (κ2) is 10.8. The van der Waals surface area contributed by atoms with Crippen LogP contribution in [0.15, 0.2) is 71.8 Å². The van der Waals surface area contributed by atoms with Gasteiger partial charge in [0.15, 0.2) is 0 Å². The highest BCUT2D eigenvalue weighted by molar-refractivity contribution is 5.96. The van der Waals surface area contributed by atoms with Crippen molar-refractivity contribution in [2.24, 2.45) is 4.99 Å². The molecule has 7 nitrogen and oxygen atoms in total. The largest absolute Gasteiger partial charge is 0.457 e. The van der Waals surface area contributed by atoms with Crippen LogP contribution >= 0.6 is 0 Å². The third-order valence-electron chi connectivity index (χ3n) is 4.55. The minimum atomic E-state index is -0.446. The number of hydrogen-bond acceptors (Lipinski definition) is 6. The van der Waals surface area contributed by atoms with Crippen molar-refractivity contribution in [1.82, 2.24) is 15.3 Å². The van der Waals surface area contributed by atoms with Gasteiger partial charge in [-0.05, 0) is 43.7 Å². The summed E-state index contributed by atoms with van der Waals surface area (Å²) in [6.45, 7) is 3.88. The average molecular weight is 433 g/mol. The van der Waals surface area contributed by atoms with Gasteiger partial charge in [-0.25, -0.2) is 9.37 Å². The average Bonchev–Trinajstić information content (AvgIpc) is 2.79. The number of aliphatic imine (C=N–C) groups is 1. The first-order valence-corrected chi connectivity index (χ1v) is 9.96. The van der Waals surface area contributed by atoms with Crippen LogP contribution in [-0.4, -0.2) is 29.1 Å². The third-order valence-corrected chi connectivity index (χ3v) is 4.55. The van der Waals surface area contributed by atoms with Gasteiger partial charge in [-0.2, -0.15) is 0 Å². The smallest absolute Gasteiger partial charge is 0.251 e. The molecule has 0 fully saturated rings. The van der Waals surface area contributed by atoms with Gasteiger partial charge in [0.25, 0.3) is 5.91 Å². The van der Waals surface area contributed by atoms with Crippen molar-refractivity contribution in [1.29, 1.82) is 0 Å². The lowest BCUT2D eigenvalue weighted by Crippen LogP contribution is -2.23. The molecule has 164 valence electrons. The van der Waals surface area contributed by atoms with E-state index in [4.69, 9.17) is 4.74 Å². The minimum absolute atomic E-state index is 0.168. The molecule has 3 rings (SSSR count). The molecule has 0 bridgehead atoms. The Morgan fingerprint density at radius 2 is 2.09 bits per heavy atom. The van der Waals surface area contributed by atoms with E-state index in [0.717, 1.165) is 11.9 Å². The molecule has 1 aromatic carbocycles. The van der Waals surface area contributed by atoms with E-state index in [0.29, 0.717) is 34.0 Å². The second-order valence-electron chi connectivity index (χ2n) is 6.86. The highest BCUT2D eigenvalue weighted by Crippen LogP contribution is 2.28.